The van der Waals surface area contributed by atoms with E-state index in [0.29, 0.717) is 17.1 Å². The summed E-state index contributed by atoms with van der Waals surface area (Å²) in [7, 11) is 0. The van der Waals surface area contributed by atoms with Crippen LogP contribution in [0.4, 0.5) is 5.69 Å². The zero-order chi connectivity index (χ0) is 13.8. The summed E-state index contributed by atoms with van der Waals surface area (Å²) < 4.78 is 0. The lowest BCUT2D eigenvalue weighted by atomic mass is 10.2. The minimum Gasteiger partial charge on any atom is -0.397 e. The van der Waals surface area contributed by atoms with Crippen LogP contribution in [0.15, 0.2) is 41.8 Å². The van der Waals surface area contributed by atoms with Crippen LogP contribution in [0, 0.1) is 0 Å². The van der Waals surface area contributed by atoms with Crippen molar-refractivity contribution < 1.29 is 4.79 Å². The molecule has 2 N–H and O–H groups in total. The van der Waals surface area contributed by atoms with E-state index >= 15 is 0 Å². The molecule has 1 aromatic heterocycles. The molecule has 1 aromatic carbocycles. The molecule has 2 aromatic rings. The molecule has 4 heteroatoms. The Bertz CT molecular complexity index is 548. The van der Waals surface area contributed by atoms with E-state index in [2.05, 4.69) is 0 Å². The number of hydrogen-bond donors (Lipinski definition) is 1. The average Bonchev–Trinajstić information content (AvgIpc) is 2.82. The molecule has 0 spiro atoms. The van der Waals surface area contributed by atoms with Crippen LogP contribution in [-0.2, 0) is 6.54 Å². The highest BCUT2D eigenvalue weighted by Crippen LogP contribution is 2.23. The normalized spacial score (nSPS) is 10.7. The number of rotatable bonds is 4. The molecule has 0 saturated carbocycles. The minimum absolute atomic E-state index is 0.00588. The molecule has 0 atom stereocenters. The molecule has 0 bridgehead atoms. The van der Waals surface area contributed by atoms with Gasteiger partial charge in [-0.25, -0.2) is 0 Å². The third-order valence-corrected chi connectivity index (χ3v) is 3.89. The molecule has 0 aliphatic carbocycles. The second kappa shape index (κ2) is 5.89. The molecular weight excluding hydrogens is 256 g/mol. The molecule has 0 radical (unpaired) electrons. The number of carbonyl (C=O) groups is 1. The first-order valence-electron chi connectivity index (χ1n) is 6.27. The maximum atomic E-state index is 12.5. The van der Waals surface area contributed by atoms with Crippen LogP contribution in [0.5, 0.6) is 0 Å². The zero-order valence-electron chi connectivity index (χ0n) is 11.2. The Hall–Kier alpha value is -1.81. The van der Waals surface area contributed by atoms with Gasteiger partial charge in [-0.1, -0.05) is 30.3 Å². The monoisotopic (exact) mass is 274 g/mol. The van der Waals surface area contributed by atoms with E-state index in [4.69, 9.17) is 5.73 Å². The fraction of sp³-hybridized carbons (Fsp3) is 0.267. The molecule has 19 heavy (non-hydrogen) atoms. The van der Waals surface area contributed by atoms with Gasteiger partial charge in [-0.15, -0.1) is 11.3 Å². The number of nitrogens with zero attached hydrogens (tertiary/aromatic N) is 1. The number of nitrogen functional groups attached to an aromatic ring is 1. The van der Waals surface area contributed by atoms with Gasteiger partial charge in [0.15, 0.2) is 0 Å². The van der Waals surface area contributed by atoms with Crippen molar-refractivity contribution in [2.45, 2.75) is 26.4 Å². The first-order valence-corrected chi connectivity index (χ1v) is 7.15. The summed E-state index contributed by atoms with van der Waals surface area (Å²) in [6.45, 7) is 4.64. The van der Waals surface area contributed by atoms with Gasteiger partial charge in [0.2, 0.25) is 0 Å². The molecular formula is C15H18N2OS. The van der Waals surface area contributed by atoms with Gasteiger partial charge < -0.3 is 10.6 Å². The maximum absolute atomic E-state index is 12.5. The highest BCUT2D eigenvalue weighted by molar-refractivity contribution is 7.12. The second-order valence-corrected chi connectivity index (χ2v) is 5.63. The summed E-state index contributed by atoms with van der Waals surface area (Å²) in [5, 5.41) is 1.85. The first kappa shape index (κ1) is 13.6. The molecule has 2 rings (SSSR count). The van der Waals surface area contributed by atoms with Crippen molar-refractivity contribution >= 4 is 22.9 Å². The Morgan fingerprint density at radius 1 is 1.26 bits per heavy atom. The topological polar surface area (TPSA) is 46.3 Å². The Kier molecular flexibility index (Phi) is 4.22. The van der Waals surface area contributed by atoms with Gasteiger partial charge in [-0.3, -0.25) is 4.79 Å². The van der Waals surface area contributed by atoms with Crippen molar-refractivity contribution in [1.29, 1.82) is 0 Å². The number of thiophene rings is 1. The van der Waals surface area contributed by atoms with Gasteiger partial charge in [-0.2, -0.15) is 0 Å². The third-order valence-electron chi connectivity index (χ3n) is 2.97. The SMILES string of the molecule is CC(C)N(Cc1ccccc1)C(=O)c1sccc1N. The number of nitrogens with two attached hydrogens (primary N) is 1. The highest BCUT2D eigenvalue weighted by atomic mass is 32.1. The van der Waals surface area contributed by atoms with Gasteiger partial charge >= 0.3 is 0 Å². The van der Waals surface area contributed by atoms with Gasteiger partial charge in [-0.05, 0) is 30.9 Å². The Morgan fingerprint density at radius 2 is 1.95 bits per heavy atom. The smallest absolute Gasteiger partial charge is 0.266 e. The summed E-state index contributed by atoms with van der Waals surface area (Å²) in [6, 6.07) is 11.9. The van der Waals surface area contributed by atoms with Gasteiger partial charge in [0.1, 0.15) is 4.88 Å². The minimum atomic E-state index is 0.00588. The molecule has 1 amide bonds. The lowest BCUT2D eigenvalue weighted by molar-refractivity contribution is 0.0696. The standard InChI is InChI=1S/C15H18N2OS/c1-11(2)17(10-12-6-4-3-5-7-12)15(18)14-13(16)8-9-19-14/h3-9,11H,10,16H2,1-2H3. The van der Waals surface area contributed by atoms with Crippen molar-refractivity contribution in [2.24, 2.45) is 0 Å². The number of benzene rings is 1. The summed E-state index contributed by atoms with van der Waals surface area (Å²) in [6.07, 6.45) is 0. The number of hydrogen-bond acceptors (Lipinski definition) is 3. The van der Waals surface area contributed by atoms with Crippen molar-refractivity contribution in [3.8, 4) is 0 Å². The molecule has 100 valence electrons. The molecule has 0 fully saturated rings. The zero-order valence-corrected chi connectivity index (χ0v) is 12.0. The summed E-state index contributed by atoms with van der Waals surface area (Å²) in [5.74, 6) is 0.00588. The Balaban J connectivity index is 2.22. The number of carbonyl (C=O) groups excluding carboxylic acids is 1. The van der Waals surface area contributed by atoms with Crippen LogP contribution in [0.25, 0.3) is 0 Å². The molecule has 3 nitrogen and oxygen atoms in total. The number of anilines is 1. The molecule has 0 unspecified atom stereocenters. The van der Waals surface area contributed by atoms with Crippen molar-refractivity contribution in [3.05, 3.63) is 52.2 Å². The fourth-order valence-corrected chi connectivity index (χ4v) is 2.67. The van der Waals surface area contributed by atoms with E-state index < -0.39 is 0 Å². The van der Waals surface area contributed by atoms with Gasteiger partial charge in [0.05, 0.1) is 5.69 Å². The van der Waals surface area contributed by atoms with Crippen LogP contribution in [0.2, 0.25) is 0 Å². The average molecular weight is 274 g/mol. The van der Waals surface area contributed by atoms with E-state index in [9.17, 15) is 4.79 Å². The maximum Gasteiger partial charge on any atom is 0.266 e. The van der Waals surface area contributed by atoms with E-state index in [0.717, 1.165) is 5.56 Å². The molecule has 0 saturated heterocycles. The van der Waals surface area contributed by atoms with Crippen LogP contribution in [0.3, 0.4) is 0 Å². The van der Waals surface area contributed by atoms with E-state index in [1.165, 1.54) is 11.3 Å². The quantitative estimate of drug-likeness (QED) is 0.929. The lowest BCUT2D eigenvalue weighted by Gasteiger charge is -2.26. The predicted molar refractivity (Wildman–Crippen MR) is 80.2 cm³/mol. The van der Waals surface area contributed by atoms with E-state index in [1.54, 1.807) is 6.07 Å². The van der Waals surface area contributed by atoms with Crippen LogP contribution < -0.4 is 5.73 Å². The summed E-state index contributed by atoms with van der Waals surface area (Å²) in [5.41, 5.74) is 7.52. The summed E-state index contributed by atoms with van der Waals surface area (Å²) in [4.78, 5) is 15.0. The van der Waals surface area contributed by atoms with Gasteiger partial charge in [0, 0.05) is 12.6 Å². The largest absolute Gasteiger partial charge is 0.397 e. The lowest BCUT2D eigenvalue weighted by Crippen LogP contribution is -2.36. The van der Waals surface area contributed by atoms with Gasteiger partial charge in [0.25, 0.3) is 5.91 Å². The number of amides is 1. The Labute approximate surface area is 117 Å². The van der Waals surface area contributed by atoms with Crippen molar-refractivity contribution in [3.63, 3.8) is 0 Å². The van der Waals surface area contributed by atoms with Crippen LogP contribution in [-0.4, -0.2) is 16.8 Å². The van der Waals surface area contributed by atoms with E-state index in [-0.39, 0.29) is 11.9 Å². The Morgan fingerprint density at radius 3 is 2.47 bits per heavy atom. The van der Waals surface area contributed by atoms with Crippen LogP contribution >= 0.6 is 11.3 Å². The van der Waals surface area contributed by atoms with E-state index in [1.807, 2.05) is 54.5 Å². The third kappa shape index (κ3) is 3.15. The van der Waals surface area contributed by atoms with Crippen LogP contribution in [0.1, 0.15) is 29.1 Å². The summed E-state index contributed by atoms with van der Waals surface area (Å²) >= 11 is 1.40. The van der Waals surface area contributed by atoms with Crippen molar-refractivity contribution in [2.75, 3.05) is 5.73 Å². The molecule has 0 aliphatic rings. The second-order valence-electron chi connectivity index (χ2n) is 4.72. The fourth-order valence-electron chi connectivity index (χ4n) is 1.89. The molecule has 0 aliphatic heterocycles. The predicted octanol–water partition coefficient (Wildman–Crippen LogP) is 3.38. The van der Waals surface area contributed by atoms with Crippen molar-refractivity contribution in [1.82, 2.24) is 4.90 Å². The highest BCUT2D eigenvalue weighted by Gasteiger charge is 2.21. The molecule has 1 heterocycles. The first-order chi connectivity index (χ1) is 9.09.